The zero-order valence-electron chi connectivity index (χ0n) is 12.1. The first kappa shape index (κ1) is 14.0. The van der Waals surface area contributed by atoms with Crippen molar-refractivity contribution < 1.29 is 0 Å². The molecule has 0 aromatic carbocycles. The lowest BCUT2D eigenvalue weighted by Gasteiger charge is -2.43. The standard InChI is InChI=1S/C15H26N2S/c1-5-16-14(13-9-8-12(2)18-13)15(17(3)4)10-6-7-11-15/h8-9,14,16H,5-7,10-11H2,1-4H3. The predicted octanol–water partition coefficient (Wildman–Crippen LogP) is 3.58. The van der Waals surface area contributed by atoms with E-state index in [-0.39, 0.29) is 0 Å². The highest BCUT2D eigenvalue weighted by molar-refractivity contribution is 7.12. The van der Waals surface area contributed by atoms with Gasteiger partial charge in [-0.25, -0.2) is 0 Å². The van der Waals surface area contributed by atoms with Gasteiger partial charge in [0, 0.05) is 15.3 Å². The molecule has 1 aromatic rings. The van der Waals surface area contributed by atoms with Crippen LogP contribution in [-0.2, 0) is 0 Å². The average Bonchev–Trinajstić information content (AvgIpc) is 2.95. The molecule has 1 saturated carbocycles. The lowest BCUT2D eigenvalue weighted by molar-refractivity contribution is 0.107. The second kappa shape index (κ2) is 5.72. The van der Waals surface area contributed by atoms with E-state index >= 15 is 0 Å². The molecule has 0 saturated heterocycles. The van der Waals surface area contributed by atoms with Crippen molar-refractivity contribution in [2.75, 3.05) is 20.6 Å². The van der Waals surface area contributed by atoms with Gasteiger partial charge in [0.2, 0.25) is 0 Å². The summed E-state index contributed by atoms with van der Waals surface area (Å²) in [5.41, 5.74) is 0.313. The maximum atomic E-state index is 3.75. The highest BCUT2D eigenvalue weighted by Gasteiger charge is 2.44. The molecule has 1 N–H and O–H groups in total. The van der Waals surface area contributed by atoms with E-state index in [1.54, 1.807) is 0 Å². The smallest absolute Gasteiger partial charge is 0.0601 e. The van der Waals surface area contributed by atoms with Crippen molar-refractivity contribution in [3.8, 4) is 0 Å². The number of rotatable bonds is 5. The average molecular weight is 266 g/mol. The van der Waals surface area contributed by atoms with E-state index < -0.39 is 0 Å². The summed E-state index contributed by atoms with van der Waals surface area (Å²) in [5, 5.41) is 3.75. The Balaban J connectivity index is 2.33. The summed E-state index contributed by atoms with van der Waals surface area (Å²) in [7, 11) is 4.49. The summed E-state index contributed by atoms with van der Waals surface area (Å²) >= 11 is 1.95. The van der Waals surface area contributed by atoms with E-state index in [2.05, 4.69) is 50.3 Å². The predicted molar refractivity (Wildman–Crippen MR) is 80.4 cm³/mol. The van der Waals surface area contributed by atoms with Crippen LogP contribution in [0.1, 0.15) is 48.4 Å². The Kier molecular flexibility index (Phi) is 4.46. The topological polar surface area (TPSA) is 15.3 Å². The molecule has 0 radical (unpaired) electrons. The first-order valence-electron chi connectivity index (χ1n) is 7.07. The fourth-order valence-corrected chi connectivity index (χ4v) is 4.41. The van der Waals surface area contributed by atoms with Gasteiger partial charge in [-0.05, 0) is 52.5 Å². The molecule has 102 valence electrons. The van der Waals surface area contributed by atoms with Gasteiger partial charge in [0.25, 0.3) is 0 Å². The second-order valence-electron chi connectivity index (χ2n) is 5.64. The Morgan fingerprint density at radius 3 is 2.44 bits per heavy atom. The van der Waals surface area contributed by atoms with Crippen molar-refractivity contribution in [3.63, 3.8) is 0 Å². The van der Waals surface area contributed by atoms with Crippen LogP contribution in [0.5, 0.6) is 0 Å². The molecule has 18 heavy (non-hydrogen) atoms. The number of thiophene rings is 1. The van der Waals surface area contributed by atoms with Crippen molar-refractivity contribution in [3.05, 3.63) is 21.9 Å². The van der Waals surface area contributed by atoms with Crippen molar-refractivity contribution in [2.45, 2.75) is 51.1 Å². The zero-order valence-corrected chi connectivity index (χ0v) is 12.9. The molecule has 1 aromatic heterocycles. The van der Waals surface area contributed by atoms with Crippen LogP contribution in [0.2, 0.25) is 0 Å². The van der Waals surface area contributed by atoms with Crippen LogP contribution in [0.3, 0.4) is 0 Å². The quantitative estimate of drug-likeness (QED) is 0.876. The van der Waals surface area contributed by atoms with Gasteiger partial charge in [-0.3, -0.25) is 0 Å². The van der Waals surface area contributed by atoms with Crippen molar-refractivity contribution in [1.82, 2.24) is 10.2 Å². The molecule has 1 aliphatic carbocycles. The Morgan fingerprint density at radius 2 is 2.00 bits per heavy atom. The highest BCUT2D eigenvalue weighted by atomic mass is 32.1. The van der Waals surface area contributed by atoms with Gasteiger partial charge in [-0.15, -0.1) is 11.3 Å². The van der Waals surface area contributed by atoms with E-state index in [1.807, 2.05) is 11.3 Å². The molecule has 0 spiro atoms. The number of nitrogens with one attached hydrogen (secondary N) is 1. The minimum absolute atomic E-state index is 0.313. The zero-order chi connectivity index (χ0) is 13.2. The van der Waals surface area contributed by atoms with Gasteiger partial charge in [-0.2, -0.15) is 0 Å². The van der Waals surface area contributed by atoms with Crippen LogP contribution in [0, 0.1) is 6.92 Å². The van der Waals surface area contributed by atoms with Crippen molar-refractivity contribution in [2.24, 2.45) is 0 Å². The number of nitrogens with zero attached hydrogens (tertiary/aromatic N) is 1. The van der Waals surface area contributed by atoms with E-state index in [4.69, 9.17) is 0 Å². The van der Waals surface area contributed by atoms with Gasteiger partial charge in [0.05, 0.1) is 6.04 Å². The highest BCUT2D eigenvalue weighted by Crippen LogP contribution is 2.44. The summed E-state index contributed by atoms with van der Waals surface area (Å²) < 4.78 is 0. The maximum absolute atomic E-state index is 3.75. The van der Waals surface area contributed by atoms with Crippen LogP contribution < -0.4 is 5.32 Å². The SMILES string of the molecule is CCNC(c1ccc(C)s1)C1(N(C)C)CCCC1. The van der Waals surface area contributed by atoms with Crippen LogP contribution >= 0.6 is 11.3 Å². The van der Waals surface area contributed by atoms with Crippen LogP contribution in [0.15, 0.2) is 12.1 Å². The summed E-state index contributed by atoms with van der Waals surface area (Å²) in [5.74, 6) is 0. The largest absolute Gasteiger partial charge is 0.308 e. The van der Waals surface area contributed by atoms with Crippen molar-refractivity contribution in [1.29, 1.82) is 0 Å². The molecular formula is C15H26N2S. The molecule has 0 amide bonds. The summed E-state index contributed by atoms with van der Waals surface area (Å²) in [6.45, 7) is 5.46. The van der Waals surface area contributed by atoms with E-state index in [0.29, 0.717) is 11.6 Å². The minimum atomic E-state index is 0.313. The molecule has 2 rings (SSSR count). The van der Waals surface area contributed by atoms with Crippen LogP contribution in [0.25, 0.3) is 0 Å². The lowest BCUT2D eigenvalue weighted by atomic mass is 9.85. The fraction of sp³-hybridized carbons (Fsp3) is 0.733. The van der Waals surface area contributed by atoms with Gasteiger partial charge in [0.1, 0.15) is 0 Å². The molecule has 1 atom stereocenters. The number of aryl methyl sites for hydroxylation is 1. The first-order valence-corrected chi connectivity index (χ1v) is 7.89. The number of hydrogen-bond acceptors (Lipinski definition) is 3. The fourth-order valence-electron chi connectivity index (χ4n) is 3.35. The van der Waals surface area contributed by atoms with Gasteiger partial charge >= 0.3 is 0 Å². The summed E-state index contributed by atoms with van der Waals surface area (Å²) in [6.07, 6.45) is 5.36. The van der Waals surface area contributed by atoms with Crippen LogP contribution in [0.4, 0.5) is 0 Å². The molecule has 0 bridgehead atoms. The maximum Gasteiger partial charge on any atom is 0.0601 e. The normalized spacial score (nSPS) is 20.5. The van der Waals surface area contributed by atoms with E-state index in [1.165, 1.54) is 35.4 Å². The Morgan fingerprint density at radius 1 is 1.33 bits per heavy atom. The Bertz CT molecular complexity index is 378. The van der Waals surface area contributed by atoms with Crippen LogP contribution in [-0.4, -0.2) is 31.1 Å². The van der Waals surface area contributed by atoms with Gasteiger partial charge < -0.3 is 10.2 Å². The molecule has 1 fully saturated rings. The molecule has 0 aliphatic heterocycles. The Hall–Kier alpha value is -0.380. The van der Waals surface area contributed by atoms with Gasteiger partial charge in [-0.1, -0.05) is 19.8 Å². The lowest BCUT2D eigenvalue weighted by Crippen LogP contribution is -2.51. The molecule has 1 heterocycles. The summed E-state index contributed by atoms with van der Waals surface area (Å²) in [6, 6.07) is 5.05. The van der Waals surface area contributed by atoms with E-state index in [9.17, 15) is 0 Å². The first-order chi connectivity index (χ1) is 8.60. The second-order valence-corrected chi connectivity index (χ2v) is 6.96. The monoisotopic (exact) mass is 266 g/mol. The third-order valence-corrected chi connectivity index (χ3v) is 5.42. The molecule has 2 nitrogen and oxygen atoms in total. The van der Waals surface area contributed by atoms with E-state index in [0.717, 1.165) is 6.54 Å². The Labute approximate surface area is 115 Å². The minimum Gasteiger partial charge on any atom is -0.308 e. The molecule has 3 heteroatoms. The molecule has 1 unspecified atom stereocenters. The van der Waals surface area contributed by atoms with Crippen molar-refractivity contribution >= 4 is 11.3 Å². The number of likely N-dealkylation sites (N-methyl/N-ethyl adjacent to an activating group) is 2. The molecular weight excluding hydrogens is 240 g/mol. The molecule has 1 aliphatic rings. The third kappa shape index (κ3) is 2.49. The van der Waals surface area contributed by atoms with Gasteiger partial charge in [0.15, 0.2) is 0 Å². The summed E-state index contributed by atoms with van der Waals surface area (Å²) in [4.78, 5) is 5.38. The number of hydrogen-bond donors (Lipinski definition) is 1. The third-order valence-electron chi connectivity index (χ3n) is 4.35.